The molecule has 0 aromatic carbocycles. The number of aliphatic carboxylic acids is 4. The Morgan fingerprint density at radius 1 is 0.542 bits per heavy atom. The minimum absolute atomic E-state index is 0.172. The highest BCUT2D eigenvalue weighted by Gasteiger charge is 2.12. The lowest BCUT2D eigenvalue weighted by Crippen LogP contribution is -2.32. The Labute approximate surface area is 140 Å². The number of unbranched alkanes of at least 4 members (excludes halogenated alkanes) is 1. The predicted octanol–water partition coefficient (Wildman–Crippen LogP) is -2.88. The molecule has 8 nitrogen and oxygen atoms in total. The lowest BCUT2D eigenvalue weighted by atomic mass is 9.92. The highest BCUT2D eigenvalue weighted by molar-refractivity contribution is 5.68. The van der Waals surface area contributed by atoms with E-state index in [0.717, 1.165) is 0 Å². The van der Waals surface area contributed by atoms with Gasteiger partial charge in [0, 0.05) is 23.9 Å². The third kappa shape index (κ3) is 11.4. The summed E-state index contributed by atoms with van der Waals surface area (Å²) < 4.78 is 0. The van der Waals surface area contributed by atoms with Gasteiger partial charge in [-0.05, 0) is 63.2 Å². The summed E-state index contributed by atoms with van der Waals surface area (Å²) in [5.74, 6) is -6.52. The Balaban J connectivity index is 4.09. The largest absolute Gasteiger partial charge is 0.550 e. The van der Waals surface area contributed by atoms with Crippen LogP contribution in [0.3, 0.4) is 0 Å². The summed E-state index contributed by atoms with van der Waals surface area (Å²) in [5.41, 5.74) is 0. The van der Waals surface area contributed by atoms with Crippen molar-refractivity contribution in [3.8, 4) is 0 Å². The fraction of sp³-hybridized carbons (Fsp3) is 0.750. The Kier molecular flexibility index (Phi) is 11.2. The molecule has 0 aliphatic rings. The monoisotopic (exact) mass is 342 g/mol. The molecule has 0 saturated carbocycles. The maximum absolute atomic E-state index is 11.0. The van der Waals surface area contributed by atoms with E-state index in [9.17, 15) is 39.6 Å². The zero-order valence-electron chi connectivity index (χ0n) is 13.5. The number of carboxylic acid groups (broad SMARTS) is 4. The van der Waals surface area contributed by atoms with Crippen LogP contribution in [0.2, 0.25) is 0 Å². The maximum atomic E-state index is 11.0. The molecule has 0 amide bonds. The zero-order chi connectivity index (χ0) is 18.5. The summed E-state index contributed by atoms with van der Waals surface area (Å²) in [4.78, 5) is 42.6. The van der Waals surface area contributed by atoms with Crippen molar-refractivity contribution in [3.63, 3.8) is 0 Å². The van der Waals surface area contributed by atoms with Gasteiger partial charge in [0.25, 0.3) is 0 Å². The molecule has 138 valence electrons. The van der Waals surface area contributed by atoms with Crippen molar-refractivity contribution in [2.24, 2.45) is 11.8 Å². The van der Waals surface area contributed by atoms with Crippen LogP contribution in [0.15, 0.2) is 0 Å². The molecule has 0 radical (unpaired) electrons. The molecule has 0 aromatic heterocycles. The van der Waals surface area contributed by atoms with Crippen LogP contribution in [0.5, 0.6) is 0 Å². The molecule has 2 unspecified atom stereocenters. The second kappa shape index (κ2) is 12.3. The van der Waals surface area contributed by atoms with Crippen LogP contribution >= 0.6 is 0 Å². The van der Waals surface area contributed by atoms with E-state index >= 15 is 0 Å². The Morgan fingerprint density at radius 3 is 1.08 bits per heavy atom. The van der Waals surface area contributed by atoms with Gasteiger partial charge in [0.05, 0.1) is 0 Å². The SMILES string of the molecule is O=C([O-])CCCC(CCCCC(CCCC(=O)[O-])C(=O)[O-])C(=O)[O-]. The topological polar surface area (TPSA) is 161 Å². The summed E-state index contributed by atoms with van der Waals surface area (Å²) in [6.45, 7) is 0. The summed E-state index contributed by atoms with van der Waals surface area (Å²) in [6, 6.07) is 0. The lowest BCUT2D eigenvalue weighted by Gasteiger charge is -2.20. The van der Waals surface area contributed by atoms with Crippen LogP contribution in [0, 0.1) is 11.8 Å². The number of carboxylic acids is 4. The van der Waals surface area contributed by atoms with Crippen LogP contribution in [0.1, 0.15) is 64.2 Å². The first-order valence-electron chi connectivity index (χ1n) is 8.05. The fourth-order valence-electron chi connectivity index (χ4n) is 2.53. The minimum atomic E-state index is -1.25. The standard InChI is InChI=1S/C16H26O8/c17-13(18)9-3-7-11(15(21)22)5-1-2-6-12(16(23)24)8-4-10-14(19)20/h11-12H,1-10H2,(H,17,18)(H,19,20)(H,21,22)(H,23,24)/p-4. The number of hydrogen-bond acceptors (Lipinski definition) is 8. The molecule has 0 heterocycles. The third-order valence-corrected chi connectivity index (χ3v) is 3.89. The Morgan fingerprint density at radius 2 is 0.833 bits per heavy atom. The second-order valence-electron chi connectivity index (χ2n) is 5.84. The molecule has 0 aromatic rings. The normalized spacial score (nSPS) is 13.2. The molecule has 0 aliphatic heterocycles. The van der Waals surface area contributed by atoms with Crippen LogP contribution in [0.4, 0.5) is 0 Å². The molecule has 0 bridgehead atoms. The van der Waals surface area contributed by atoms with Crippen molar-refractivity contribution in [2.45, 2.75) is 64.2 Å². The van der Waals surface area contributed by atoms with Gasteiger partial charge in [-0.25, -0.2) is 0 Å². The van der Waals surface area contributed by atoms with Gasteiger partial charge in [0.15, 0.2) is 0 Å². The van der Waals surface area contributed by atoms with Crippen LogP contribution < -0.4 is 20.4 Å². The van der Waals surface area contributed by atoms with E-state index < -0.39 is 35.7 Å². The van der Waals surface area contributed by atoms with Crippen molar-refractivity contribution in [2.75, 3.05) is 0 Å². The smallest absolute Gasteiger partial charge is 0.0445 e. The summed E-state index contributed by atoms with van der Waals surface area (Å²) in [5, 5.41) is 42.6. The van der Waals surface area contributed by atoms with Gasteiger partial charge in [0.2, 0.25) is 0 Å². The first-order valence-corrected chi connectivity index (χ1v) is 8.05. The molecule has 0 spiro atoms. The first-order chi connectivity index (χ1) is 11.2. The quantitative estimate of drug-likeness (QED) is 0.287. The van der Waals surface area contributed by atoms with Crippen molar-refractivity contribution in [3.05, 3.63) is 0 Å². The highest BCUT2D eigenvalue weighted by atomic mass is 16.4. The molecule has 0 saturated heterocycles. The Bertz CT molecular complexity index is 392. The van der Waals surface area contributed by atoms with Gasteiger partial charge in [-0.2, -0.15) is 0 Å². The van der Waals surface area contributed by atoms with Crippen molar-refractivity contribution in [1.82, 2.24) is 0 Å². The van der Waals surface area contributed by atoms with E-state index in [0.29, 0.717) is 12.8 Å². The van der Waals surface area contributed by atoms with Crippen LogP contribution in [-0.2, 0) is 19.2 Å². The number of hydrogen-bond donors (Lipinski definition) is 0. The highest BCUT2D eigenvalue weighted by Crippen LogP contribution is 2.20. The molecule has 2 atom stereocenters. The molecule has 0 rings (SSSR count). The fourth-order valence-corrected chi connectivity index (χ4v) is 2.53. The van der Waals surface area contributed by atoms with Gasteiger partial charge in [-0.3, -0.25) is 0 Å². The summed E-state index contributed by atoms with van der Waals surface area (Å²) in [6.07, 6.45) is 1.74. The summed E-state index contributed by atoms with van der Waals surface area (Å²) >= 11 is 0. The number of carbonyl (C=O) groups is 4. The average molecular weight is 342 g/mol. The van der Waals surface area contributed by atoms with Gasteiger partial charge in [-0.15, -0.1) is 0 Å². The van der Waals surface area contributed by atoms with Gasteiger partial charge in [0.1, 0.15) is 0 Å². The Hall–Kier alpha value is -2.12. The van der Waals surface area contributed by atoms with Gasteiger partial charge < -0.3 is 39.6 Å². The first kappa shape index (κ1) is 21.9. The molecular formula is C16H22O8-4. The van der Waals surface area contributed by atoms with Crippen LogP contribution in [-0.4, -0.2) is 23.9 Å². The predicted molar refractivity (Wildman–Crippen MR) is 73.2 cm³/mol. The third-order valence-electron chi connectivity index (χ3n) is 3.89. The second-order valence-corrected chi connectivity index (χ2v) is 5.84. The molecule has 0 fully saturated rings. The molecule has 0 N–H and O–H groups in total. The minimum Gasteiger partial charge on any atom is -0.550 e. The van der Waals surface area contributed by atoms with Gasteiger partial charge >= 0.3 is 0 Å². The van der Waals surface area contributed by atoms with E-state index in [2.05, 4.69) is 0 Å². The number of carbonyl (C=O) groups excluding carboxylic acids is 4. The number of rotatable bonds is 15. The van der Waals surface area contributed by atoms with Gasteiger partial charge in [-0.1, -0.05) is 12.8 Å². The molecule has 0 aliphatic carbocycles. The van der Waals surface area contributed by atoms with Crippen molar-refractivity contribution >= 4 is 23.9 Å². The van der Waals surface area contributed by atoms with E-state index in [-0.39, 0.29) is 51.4 Å². The molecule has 8 heteroatoms. The average Bonchev–Trinajstić information content (AvgIpc) is 2.46. The van der Waals surface area contributed by atoms with E-state index in [1.54, 1.807) is 0 Å². The molecule has 24 heavy (non-hydrogen) atoms. The lowest BCUT2D eigenvalue weighted by molar-refractivity contribution is -0.314. The van der Waals surface area contributed by atoms with Crippen molar-refractivity contribution in [1.29, 1.82) is 0 Å². The molecular weight excluding hydrogens is 320 g/mol. The van der Waals surface area contributed by atoms with Crippen molar-refractivity contribution < 1.29 is 39.6 Å². The van der Waals surface area contributed by atoms with E-state index in [1.807, 2.05) is 0 Å². The summed E-state index contributed by atoms with van der Waals surface area (Å²) in [7, 11) is 0. The van der Waals surface area contributed by atoms with E-state index in [1.165, 1.54) is 0 Å². The maximum Gasteiger partial charge on any atom is 0.0445 e. The zero-order valence-corrected chi connectivity index (χ0v) is 13.5. The van der Waals surface area contributed by atoms with E-state index in [4.69, 9.17) is 0 Å². The van der Waals surface area contributed by atoms with Crippen LogP contribution in [0.25, 0.3) is 0 Å².